The highest BCUT2D eigenvalue weighted by molar-refractivity contribution is 5.49. The summed E-state index contributed by atoms with van der Waals surface area (Å²) in [4.78, 5) is 0. The number of hydrogen-bond acceptors (Lipinski definition) is 3. The van der Waals surface area contributed by atoms with E-state index >= 15 is 0 Å². The van der Waals surface area contributed by atoms with Crippen LogP contribution in [0.15, 0.2) is 12.1 Å². The van der Waals surface area contributed by atoms with Gasteiger partial charge in [0.1, 0.15) is 11.5 Å². The van der Waals surface area contributed by atoms with Crippen LogP contribution in [0, 0.1) is 0 Å². The Morgan fingerprint density at radius 2 is 1.70 bits per heavy atom. The van der Waals surface area contributed by atoms with Crippen molar-refractivity contribution < 1.29 is 14.2 Å². The van der Waals surface area contributed by atoms with E-state index in [9.17, 15) is 0 Å². The van der Waals surface area contributed by atoms with Gasteiger partial charge in [-0.25, -0.2) is 0 Å². The summed E-state index contributed by atoms with van der Waals surface area (Å²) >= 11 is 0. The van der Waals surface area contributed by atoms with Gasteiger partial charge in [-0.15, -0.1) is 0 Å². The van der Waals surface area contributed by atoms with Crippen LogP contribution < -0.4 is 9.47 Å². The molecule has 0 fully saturated rings. The molecular weight excluding hydrogens is 252 g/mol. The number of fused-ring (bicyclic) bond motifs is 1. The Bertz CT molecular complexity index is 466. The first kappa shape index (κ1) is 15.2. The van der Waals surface area contributed by atoms with E-state index in [1.165, 1.54) is 11.1 Å². The monoisotopic (exact) mass is 278 g/mol. The summed E-state index contributed by atoms with van der Waals surface area (Å²) in [6.45, 7) is 12.4. The van der Waals surface area contributed by atoms with Gasteiger partial charge in [-0.05, 0) is 59.6 Å². The van der Waals surface area contributed by atoms with Crippen LogP contribution in [0.1, 0.15) is 58.8 Å². The Kier molecular flexibility index (Phi) is 4.59. The topological polar surface area (TPSA) is 27.7 Å². The first-order chi connectivity index (χ1) is 9.36. The molecule has 20 heavy (non-hydrogen) atoms. The van der Waals surface area contributed by atoms with Gasteiger partial charge in [0.25, 0.3) is 0 Å². The lowest BCUT2D eigenvalue weighted by atomic mass is 9.94. The zero-order chi connectivity index (χ0) is 14.9. The maximum absolute atomic E-state index is 5.98. The fraction of sp³-hybridized carbons (Fsp3) is 0.647. The Labute approximate surface area is 122 Å². The Hall–Kier alpha value is -1.22. The van der Waals surface area contributed by atoms with Gasteiger partial charge in [-0.1, -0.05) is 0 Å². The van der Waals surface area contributed by atoms with E-state index in [2.05, 4.69) is 19.9 Å². The van der Waals surface area contributed by atoms with Crippen molar-refractivity contribution in [3.05, 3.63) is 23.3 Å². The van der Waals surface area contributed by atoms with Crippen LogP contribution in [-0.2, 0) is 11.2 Å². The molecule has 0 bridgehead atoms. The highest BCUT2D eigenvalue weighted by atomic mass is 16.5. The molecular formula is C17H26O3. The molecule has 1 aliphatic heterocycles. The second kappa shape index (κ2) is 6.04. The average Bonchev–Trinajstić information content (AvgIpc) is 2.24. The zero-order valence-corrected chi connectivity index (χ0v) is 13.4. The second-order valence-electron chi connectivity index (χ2n) is 6.12. The molecule has 2 atom stereocenters. The van der Waals surface area contributed by atoms with Crippen molar-refractivity contribution in [2.24, 2.45) is 0 Å². The molecule has 112 valence electrons. The van der Waals surface area contributed by atoms with E-state index in [4.69, 9.17) is 14.2 Å². The summed E-state index contributed by atoms with van der Waals surface area (Å²) in [6.07, 6.45) is 1.51. The van der Waals surface area contributed by atoms with Crippen molar-refractivity contribution >= 4 is 0 Å². The van der Waals surface area contributed by atoms with Crippen molar-refractivity contribution in [2.45, 2.75) is 72.4 Å². The van der Waals surface area contributed by atoms with E-state index in [1.807, 2.05) is 33.8 Å². The quantitative estimate of drug-likeness (QED) is 0.822. The predicted octanol–water partition coefficient (Wildman–Crippen LogP) is 4.28. The molecule has 1 aromatic rings. The fourth-order valence-electron chi connectivity index (χ4n) is 2.75. The average molecular weight is 278 g/mol. The summed E-state index contributed by atoms with van der Waals surface area (Å²) in [5, 5.41) is 0. The largest absolute Gasteiger partial charge is 0.491 e. The van der Waals surface area contributed by atoms with Gasteiger partial charge >= 0.3 is 0 Å². The first-order valence-electron chi connectivity index (χ1n) is 7.52. The van der Waals surface area contributed by atoms with E-state index in [-0.39, 0.29) is 24.4 Å². The van der Waals surface area contributed by atoms with Gasteiger partial charge in [0.05, 0.1) is 24.4 Å². The van der Waals surface area contributed by atoms with Crippen LogP contribution in [0.25, 0.3) is 0 Å². The molecule has 2 rings (SSSR count). The van der Waals surface area contributed by atoms with Crippen molar-refractivity contribution in [3.63, 3.8) is 0 Å². The number of ether oxygens (including phenoxy) is 3. The van der Waals surface area contributed by atoms with Gasteiger partial charge in [0, 0.05) is 11.6 Å². The molecule has 0 amide bonds. The maximum Gasteiger partial charge on any atom is 0.129 e. The molecule has 0 radical (unpaired) electrons. The molecule has 0 spiro atoms. The van der Waals surface area contributed by atoms with Crippen molar-refractivity contribution in [3.8, 4) is 11.5 Å². The normalized spacial score (nSPS) is 22.0. The Balaban J connectivity index is 2.44. The fourth-order valence-corrected chi connectivity index (χ4v) is 2.75. The number of benzene rings is 1. The Morgan fingerprint density at radius 3 is 2.30 bits per heavy atom. The van der Waals surface area contributed by atoms with Crippen LogP contribution in [0.4, 0.5) is 0 Å². The molecule has 0 N–H and O–H groups in total. The van der Waals surface area contributed by atoms with Gasteiger partial charge in [0.2, 0.25) is 0 Å². The lowest BCUT2D eigenvalue weighted by molar-refractivity contribution is -0.00693. The zero-order valence-electron chi connectivity index (χ0n) is 13.4. The van der Waals surface area contributed by atoms with E-state index in [1.54, 1.807) is 0 Å². The summed E-state index contributed by atoms with van der Waals surface area (Å²) in [5.74, 6) is 1.78. The summed E-state index contributed by atoms with van der Waals surface area (Å²) in [7, 11) is 0. The van der Waals surface area contributed by atoms with Crippen LogP contribution >= 0.6 is 0 Å². The van der Waals surface area contributed by atoms with Crippen LogP contribution in [0.2, 0.25) is 0 Å². The smallest absolute Gasteiger partial charge is 0.129 e. The standard InChI is InChI=1S/C17H26O3/c1-10(2)18-15-8-14-7-12(5)20-13(6)17(14)16(9-15)19-11(3)4/h8-13H,7H2,1-6H3/t12-,13-/m0/s1. The summed E-state index contributed by atoms with van der Waals surface area (Å²) in [6, 6.07) is 4.13. The third-order valence-corrected chi connectivity index (χ3v) is 3.29. The van der Waals surface area contributed by atoms with Crippen molar-refractivity contribution in [2.75, 3.05) is 0 Å². The van der Waals surface area contributed by atoms with Gasteiger partial charge in [0.15, 0.2) is 0 Å². The second-order valence-corrected chi connectivity index (χ2v) is 6.12. The first-order valence-corrected chi connectivity index (χ1v) is 7.52. The molecule has 0 saturated carbocycles. The minimum atomic E-state index is 0.0654. The minimum absolute atomic E-state index is 0.0654. The number of hydrogen-bond donors (Lipinski definition) is 0. The lowest BCUT2D eigenvalue weighted by Crippen LogP contribution is -2.24. The molecule has 1 aliphatic rings. The molecule has 1 aromatic carbocycles. The number of rotatable bonds is 4. The molecule has 1 heterocycles. The molecule has 0 saturated heterocycles. The molecule has 3 nitrogen and oxygen atoms in total. The highest BCUT2D eigenvalue weighted by Gasteiger charge is 2.27. The summed E-state index contributed by atoms with van der Waals surface area (Å²) < 4.78 is 17.8. The Morgan fingerprint density at radius 1 is 1.05 bits per heavy atom. The van der Waals surface area contributed by atoms with Crippen molar-refractivity contribution in [1.29, 1.82) is 0 Å². The third kappa shape index (κ3) is 3.45. The molecule has 0 unspecified atom stereocenters. The van der Waals surface area contributed by atoms with Crippen LogP contribution in [-0.4, -0.2) is 18.3 Å². The van der Waals surface area contributed by atoms with Gasteiger partial charge in [-0.2, -0.15) is 0 Å². The van der Waals surface area contributed by atoms with Crippen LogP contribution in [0.3, 0.4) is 0 Å². The van der Waals surface area contributed by atoms with E-state index in [0.717, 1.165) is 17.9 Å². The summed E-state index contributed by atoms with van der Waals surface area (Å²) in [5.41, 5.74) is 2.46. The third-order valence-electron chi connectivity index (χ3n) is 3.29. The maximum atomic E-state index is 5.98. The SMILES string of the molecule is CC(C)Oc1cc2c(c(OC(C)C)c1)[C@H](C)O[C@@H](C)C2. The van der Waals surface area contributed by atoms with Crippen LogP contribution in [0.5, 0.6) is 11.5 Å². The van der Waals surface area contributed by atoms with Gasteiger partial charge in [-0.3, -0.25) is 0 Å². The molecule has 0 aliphatic carbocycles. The highest BCUT2D eigenvalue weighted by Crippen LogP contribution is 2.40. The molecule has 3 heteroatoms. The van der Waals surface area contributed by atoms with Crippen molar-refractivity contribution in [1.82, 2.24) is 0 Å². The lowest BCUT2D eigenvalue weighted by Gasteiger charge is -2.31. The predicted molar refractivity (Wildman–Crippen MR) is 80.6 cm³/mol. The minimum Gasteiger partial charge on any atom is -0.491 e. The van der Waals surface area contributed by atoms with E-state index in [0.29, 0.717) is 0 Å². The van der Waals surface area contributed by atoms with Gasteiger partial charge < -0.3 is 14.2 Å². The molecule has 0 aromatic heterocycles. The van der Waals surface area contributed by atoms with E-state index < -0.39 is 0 Å².